The molecule has 0 radical (unpaired) electrons. The predicted molar refractivity (Wildman–Crippen MR) is 69.9 cm³/mol. The number of aryl methyl sites for hydroxylation is 1. The summed E-state index contributed by atoms with van der Waals surface area (Å²) in [6.45, 7) is 1.97. The molecule has 0 saturated carbocycles. The van der Waals surface area contributed by atoms with Gasteiger partial charge in [0.15, 0.2) is 0 Å². The molecule has 3 rings (SSSR count). The first-order valence-electron chi connectivity index (χ1n) is 5.60. The fourth-order valence-corrected chi connectivity index (χ4v) is 1.92. The molecule has 3 heteroatoms. The first-order valence-corrected chi connectivity index (χ1v) is 5.60. The molecule has 0 fully saturated rings. The number of rotatable bonds is 2. The summed E-state index contributed by atoms with van der Waals surface area (Å²) >= 11 is 0. The Morgan fingerprint density at radius 2 is 1.82 bits per heavy atom. The lowest BCUT2D eigenvalue weighted by atomic mass is 10.1. The molecule has 2 aromatic carbocycles. The normalized spacial score (nSPS) is 10.6. The third-order valence-corrected chi connectivity index (χ3v) is 2.75. The van der Waals surface area contributed by atoms with E-state index in [1.807, 2.05) is 37.4 Å². The highest BCUT2D eigenvalue weighted by Gasteiger charge is 2.00. The summed E-state index contributed by atoms with van der Waals surface area (Å²) in [7, 11) is 0. The minimum absolute atomic E-state index is 0.998. The molecule has 0 bridgehead atoms. The number of anilines is 1. The van der Waals surface area contributed by atoms with E-state index in [1.165, 1.54) is 10.8 Å². The number of hydrogen-bond acceptors (Lipinski definition) is 2. The summed E-state index contributed by atoms with van der Waals surface area (Å²) in [6.07, 6.45) is 1.91. The van der Waals surface area contributed by atoms with Crippen molar-refractivity contribution in [1.29, 1.82) is 0 Å². The summed E-state index contributed by atoms with van der Waals surface area (Å²) in [5, 5.41) is 6.74. The number of fused-ring (bicyclic) bond motifs is 1. The Kier molecular flexibility index (Phi) is 2.29. The molecule has 0 atom stereocenters. The van der Waals surface area contributed by atoms with Crippen LogP contribution in [0.1, 0.15) is 5.69 Å². The zero-order chi connectivity index (χ0) is 11.7. The van der Waals surface area contributed by atoms with Crippen LogP contribution in [0.2, 0.25) is 0 Å². The molecule has 0 aliphatic carbocycles. The summed E-state index contributed by atoms with van der Waals surface area (Å²) in [4.78, 5) is 1.73. The predicted octanol–water partition coefficient (Wildman–Crippen LogP) is 3.22. The van der Waals surface area contributed by atoms with Gasteiger partial charge in [-0.2, -0.15) is 9.89 Å². The van der Waals surface area contributed by atoms with Crippen molar-refractivity contribution in [2.45, 2.75) is 6.92 Å². The molecule has 3 nitrogen and oxygen atoms in total. The van der Waals surface area contributed by atoms with E-state index in [9.17, 15) is 0 Å². The van der Waals surface area contributed by atoms with Crippen LogP contribution in [0.3, 0.4) is 0 Å². The second kappa shape index (κ2) is 3.94. The van der Waals surface area contributed by atoms with Gasteiger partial charge in [-0.1, -0.05) is 36.4 Å². The van der Waals surface area contributed by atoms with Crippen LogP contribution < -0.4 is 5.43 Å². The van der Waals surface area contributed by atoms with Gasteiger partial charge in [-0.3, -0.25) is 5.43 Å². The third kappa shape index (κ3) is 1.87. The maximum absolute atomic E-state index is 4.32. The van der Waals surface area contributed by atoms with Crippen molar-refractivity contribution in [3.8, 4) is 0 Å². The van der Waals surface area contributed by atoms with E-state index in [4.69, 9.17) is 0 Å². The van der Waals surface area contributed by atoms with E-state index in [-0.39, 0.29) is 0 Å². The zero-order valence-electron chi connectivity index (χ0n) is 9.59. The van der Waals surface area contributed by atoms with Crippen LogP contribution in [0, 0.1) is 6.92 Å². The van der Waals surface area contributed by atoms with Gasteiger partial charge < -0.3 is 0 Å². The number of hydrogen-bond donors (Lipinski definition) is 1. The molecule has 84 valence electrons. The minimum Gasteiger partial charge on any atom is -0.278 e. The Morgan fingerprint density at radius 3 is 2.65 bits per heavy atom. The van der Waals surface area contributed by atoms with Crippen molar-refractivity contribution in [2.24, 2.45) is 0 Å². The maximum Gasteiger partial charge on any atom is 0.0640 e. The summed E-state index contributed by atoms with van der Waals surface area (Å²) in [5.41, 5.74) is 5.33. The van der Waals surface area contributed by atoms with Gasteiger partial charge in [0.25, 0.3) is 0 Å². The molecule has 3 aromatic rings. The SMILES string of the molecule is Cc1ccn(Nc2cccc3ccccc23)n1. The maximum atomic E-state index is 4.32. The largest absolute Gasteiger partial charge is 0.278 e. The fraction of sp³-hybridized carbons (Fsp3) is 0.0714. The fourth-order valence-electron chi connectivity index (χ4n) is 1.92. The third-order valence-electron chi connectivity index (χ3n) is 2.75. The summed E-state index contributed by atoms with van der Waals surface area (Å²) in [5.74, 6) is 0. The molecule has 0 aliphatic heterocycles. The standard InChI is InChI=1S/C14H13N3/c1-11-9-10-17(15-11)16-14-8-4-6-12-5-2-3-7-13(12)14/h2-10,16H,1H3. The van der Waals surface area contributed by atoms with Crippen LogP contribution in [0.5, 0.6) is 0 Å². The highest BCUT2D eigenvalue weighted by atomic mass is 15.5. The van der Waals surface area contributed by atoms with Crippen LogP contribution in [0.25, 0.3) is 10.8 Å². The van der Waals surface area contributed by atoms with E-state index < -0.39 is 0 Å². The van der Waals surface area contributed by atoms with Crippen molar-refractivity contribution in [3.63, 3.8) is 0 Å². The molecule has 1 aromatic heterocycles. The van der Waals surface area contributed by atoms with Gasteiger partial charge in [0, 0.05) is 11.6 Å². The van der Waals surface area contributed by atoms with Crippen LogP contribution in [-0.2, 0) is 0 Å². The summed E-state index contributed by atoms with van der Waals surface area (Å²) < 4.78 is 0. The van der Waals surface area contributed by atoms with Gasteiger partial charge in [0.1, 0.15) is 0 Å². The quantitative estimate of drug-likeness (QED) is 0.723. The second-order valence-corrected chi connectivity index (χ2v) is 4.04. The lowest BCUT2D eigenvalue weighted by Crippen LogP contribution is -2.09. The molecule has 0 unspecified atom stereocenters. The van der Waals surface area contributed by atoms with E-state index in [1.54, 1.807) is 4.79 Å². The van der Waals surface area contributed by atoms with E-state index in [0.29, 0.717) is 0 Å². The molecule has 1 N–H and O–H groups in total. The Morgan fingerprint density at radius 1 is 1.00 bits per heavy atom. The molecule has 17 heavy (non-hydrogen) atoms. The van der Waals surface area contributed by atoms with Crippen molar-refractivity contribution in [2.75, 3.05) is 5.43 Å². The molecular weight excluding hydrogens is 210 g/mol. The van der Waals surface area contributed by atoms with Crippen LogP contribution in [0.4, 0.5) is 5.69 Å². The van der Waals surface area contributed by atoms with E-state index >= 15 is 0 Å². The van der Waals surface area contributed by atoms with Crippen LogP contribution in [-0.4, -0.2) is 9.89 Å². The highest BCUT2D eigenvalue weighted by molar-refractivity contribution is 5.93. The second-order valence-electron chi connectivity index (χ2n) is 4.04. The average Bonchev–Trinajstić information content (AvgIpc) is 2.75. The number of benzene rings is 2. The molecule has 0 amide bonds. The lowest BCUT2D eigenvalue weighted by Gasteiger charge is -2.09. The van der Waals surface area contributed by atoms with E-state index in [0.717, 1.165) is 11.4 Å². The van der Waals surface area contributed by atoms with Gasteiger partial charge in [-0.25, -0.2) is 0 Å². The van der Waals surface area contributed by atoms with Gasteiger partial charge in [-0.15, -0.1) is 0 Å². The molecule has 0 aliphatic rings. The smallest absolute Gasteiger partial charge is 0.0640 e. The molecule has 0 spiro atoms. The Hall–Kier alpha value is -2.29. The lowest BCUT2D eigenvalue weighted by molar-refractivity contribution is 0.792. The van der Waals surface area contributed by atoms with Crippen LogP contribution >= 0.6 is 0 Å². The van der Waals surface area contributed by atoms with Crippen molar-refractivity contribution in [1.82, 2.24) is 9.89 Å². The van der Waals surface area contributed by atoms with Crippen molar-refractivity contribution >= 4 is 16.5 Å². The minimum atomic E-state index is 0.998. The van der Waals surface area contributed by atoms with Crippen molar-refractivity contribution < 1.29 is 0 Å². The molecular formula is C14H13N3. The van der Waals surface area contributed by atoms with Crippen LogP contribution in [0.15, 0.2) is 54.7 Å². The monoisotopic (exact) mass is 223 g/mol. The van der Waals surface area contributed by atoms with Gasteiger partial charge in [0.05, 0.1) is 11.4 Å². The Balaban J connectivity index is 2.05. The zero-order valence-corrected chi connectivity index (χ0v) is 9.59. The first kappa shape index (κ1) is 9.90. The molecule has 0 saturated heterocycles. The number of nitrogens with zero attached hydrogens (tertiary/aromatic N) is 2. The van der Waals surface area contributed by atoms with Crippen molar-refractivity contribution in [3.05, 3.63) is 60.4 Å². The number of aromatic nitrogens is 2. The highest BCUT2D eigenvalue weighted by Crippen LogP contribution is 2.22. The topological polar surface area (TPSA) is 29.9 Å². The van der Waals surface area contributed by atoms with Gasteiger partial charge >= 0.3 is 0 Å². The van der Waals surface area contributed by atoms with E-state index in [2.05, 4.69) is 34.8 Å². The van der Waals surface area contributed by atoms with Gasteiger partial charge in [0.2, 0.25) is 0 Å². The summed E-state index contributed by atoms with van der Waals surface area (Å²) in [6, 6.07) is 16.5. The van der Waals surface area contributed by atoms with Gasteiger partial charge in [-0.05, 0) is 24.4 Å². The molecule has 1 heterocycles. The average molecular weight is 223 g/mol. The number of nitrogens with one attached hydrogen (secondary N) is 1. The first-order chi connectivity index (χ1) is 8.33. The Bertz CT molecular complexity index is 650. The Labute approximate surface area is 99.7 Å².